The molecule has 1 aliphatic heterocycles. The summed E-state index contributed by atoms with van der Waals surface area (Å²) in [5.41, 5.74) is 0.947. The highest BCUT2D eigenvalue weighted by molar-refractivity contribution is 9.10. The third-order valence-corrected chi connectivity index (χ3v) is 3.50. The maximum Gasteiger partial charge on any atom is 0.246 e. The smallest absolute Gasteiger partial charge is 0.246 e. The molecule has 0 aliphatic carbocycles. The van der Waals surface area contributed by atoms with Crippen LogP contribution in [-0.4, -0.2) is 29.3 Å². The molecule has 0 aromatic heterocycles. The summed E-state index contributed by atoms with van der Waals surface area (Å²) in [5, 5.41) is 2.95. The van der Waals surface area contributed by atoms with Crippen molar-refractivity contribution in [2.24, 2.45) is 0 Å². The van der Waals surface area contributed by atoms with Crippen LogP contribution in [0.5, 0.6) is 0 Å². The molecule has 2 rings (SSSR count). The summed E-state index contributed by atoms with van der Waals surface area (Å²) in [5.74, 6) is -0.293. The van der Waals surface area contributed by atoms with Crippen molar-refractivity contribution >= 4 is 27.7 Å². The van der Waals surface area contributed by atoms with Gasteiger partial charge in [-0.2, -0.15) is 0 Å². The second-order valence-electron chi connectivity index (χ2n) is 4.29. The molecule has 1 aliphatic rings. The zero-order chi connectivity index (χ0) is 13.1. The lowest BCUT2D eigenvalue weighted by Gasteiger charge is -2.31. The second-order valence-corrected chi connectivity index (χ2v) is 5.21. The molecule has 4 nitrogen and oxygen atoms in total. The molecule has 1 aromatic carbocycles. The van der Waals surface area contributed by atoms with Crippen LogP contribution < -0.4 is 5.32 Å². The second kappa shape index (κ2) is 5.63. The molecule has 1 N–H and O–H groups in total. The minimum Gasteiger partial charge on any atom is -0.297 e. The first-order valence-corrected chi connectivity index (χ1v) is 6.73. The van der Waals surface area contributed by atoms with Crippen LogP contribution in [0.3, 0.4) is 0 Å². The fraction of sp³-hybridized carbons (Fsp3) is 0.385. The van der Waals surface area contributed by atoms with Gasteiger partial charge in [-0.1, -0.05) is 35.0 Å². The zero-order valence-electron chi connectivity index (χ0n) is 10.1. The predicted octanol–water partition coefficient (Wildman–Crippen LogP) is 1.69. The Morgan fingerprint density at radius 3 is 2.89 bits per heavy atom. The molecule has 1 heterocycles. The Labute approximate surface area is 114 Å². The maximum atomic E-state index is 12.1. The molecule has 2 amide bonds. The fourth-order valence-corrected chi connectivity index (χ4v) is 2.45. The molecule has 1 unspecified atom stereocenters. The molecule has 1 atom stereocenters. The van der Waals surface area contributed by atoms with Crippen LogP contribution in [0.15, 0.2) is 28.7 Å². The Morgan fingerprint density at radius 1 is 1.44 bits per heavy atom. The summed E-state index contributed by atoms with van der Waals surface area (Å²) in [7, 11) is 0. The number of carbonyl (C=O) groups excluding carboxylic acids is 2. The van der Waals surface area contributed by atoms with Gasteiger partial charge in [-0.15, -0.1) is 0 Å². The van der Waals surface area contributed by atoms with E-state index in [1.165, 1.54) is 4.90 Å². The van der Waals surface area contributed by atoms with E-state index in [4.69, 9.17) is 0 Å². The van der Waals surface area contributed by atoms with E-state index in [1.54, 1.807) is 0 Å². The Balaban J connectivity index is 2.15. The molecule has 0 bridgehead atoms. The number of hydrogen-bond donors (Lipinski definition) is 1. The van der Waals surface area contributed by atoms with Crippen molar-refractivity contribution in [2.45, 2.75) is 25.9 Å². The van der Waals surface area contributed by atoms with Gasteiger partial charge in [0.1, 0.15) is 0 Å². The van der Waals surface area contributed by atoms with Crippen LogP contribution in [0.1, 0.15) is 18.9 Å². The van der Waals surface area contributed by atoms with Gasteiger partial charge >= 0.3 is 0 Å². The molecule has 1 aromatic rings. The third-order valence-electron chi connectivity index (χ3n) is 3.00. The number of benzene rings is 1. The van der Waals surface area contributed by atoms with Crippen molar-refractivity contribution in [1.29, 1.82) is 0 Å². The van der Waals surface area contributed by atoms with Crippen molar-refractivity contribution in [1.82, 2.24) is 10.2 Å². The Kier molecular flexibility index (Phi) is 4.14. The molecular weight excluding hydrogens is 296 g/mol. The predicted molar refractivity (Wildman–Crippen MR) is 71.8 cm³/mol. The molecular formula is C13H15BrN2O2. The van der Waals surface area contributed by atoms with Gasteiger partial charge < -0.3 is 0 Å². The number of nitrogens with zero attached hydrogens (tertiary/aromatic N) is 1. The monoisotopic (exact) mass is 310 g/mol. The van der Waals surface area contributed by atoms with Crippen molar-refractivity contribution in [3.8, 4) is 0 Å². The van der Waals surface area contributed by atoms with Gasteiger partial charge in [0.25, 0.3) is 0 Å². The number of imide groups is 1. The highest BCUT2D eigenvalue weighted by Crippen LogP contribution is 2.15. The van der Waals surface area contributed by atoms with E-state index in [2.05, 4.69) is 21.2 Å². The lowest BCUT2D eigenvalue weighted by atomic mass is 10.1. The Hall–Kier alpha value is -1.20. The number of piperazine rings is 1. The summed E-state index contributed by atoms with van der Waals surface area (Å²) in [6.45, 7) is 2.51. The lowest BCUT2D eigenvalue weighted by Crippen LogP contribution is -2.57. The molecule has 0 spiro atoms. The highest BCUT2D eigenvalue weighted by Gasteiger charge is 2.32. The zero-order valence-corrected chi connectivity index (χ0v) is 11.7. The molecule has 18 heavy (non-hydrogen) atoms. The highest BCUT2D eigenvalue weighted by atomic mass is 79.9. The topological polar surface area (TPSA) is 49.4 Å². The van der Waals surface area contributed by atoms with E-state index < -0.39 is 0 Å². The van der Waals surface area contributed by atoms with Crippen molar-refractivity contribution < 1.29 is 9.59 Å². The van der Waals surface area contributed by atoms with E-state index in [-0.39, 0.29) is 24.4 Å². The molecule has 5 heteroatoms. The molecule has 0 radical (unpaired) electrons. The molecule has 1 saturated heterocycles. The van der Waals surface area contributed by atoms with Crippen LogP contribution in [0.4, 0.5) is 0 Å². The first kappa shape index (κ1) is 13.2. The van der Waals surface area contributed by atoms with Crippen LogP contribution in [0.2, 0.25) is 0 Å². The number of carbonyl (C=O) groups is 2. The number of halogens is 1. The quantitative estimate of drug-likeness (QED) is 0.864. The minimum atomic E-state index is -0.241. The normalized spacial score (nSPS) is 20.3. The molecule has 1 fully saturated rings. The standard InChI is InChI=1S/C13H15BrN2O2/c1-2-11-13(18)16(12(17)7-15-11)8-9-4-3-5-10(14)6-9/h3-6,11,15H,2,7-8H2,1H3. The molecule has 96 valence electrons. The third kappa shape index (κ3) is 2.79. The molecule has 0 saturated carbocycles. The maximum absolute atomic E-state index is 12.1. The first-order chi connectivity index (χ1) is 8.61. The number of rotatable bonds is 3. The Bertz CT molecular complexity index is 476. The fourth-order valence-electron chi connectivity index (χ4n) is 2.01. The first-order valence-electron chi connectivity index (χ1n) is 5.94. The van der Waals surface area contributed by atoms with Gasteiger partial charge in [-0.05, 0) is 24.1 Å². The number of hydrogen-bond acceptors (Lipinski definition) is 3. The van der Waals surface area contributed by atoms with Crippen LogP contribution in [0.25, 0.3) is 0 Å². The van der Waals surface area contributed by atoms with Gasteiger partial charge in [0.15, 0.2) is 0 Å². The summed E-state index contributed by atoms with van der Waals surface area (Å²) in [6.07, 6.45) is 0.696. The Morgan fingerprint density at radius 2 is 2.22 bits per heavy atom. The van der Waals surface area contributed by atoms with Crippen LogP contribution in [-0.2, 0) is 16.1 Å². The average molecular weight is 311 g/mol. The van der Waals surface area contributed by atoms with Crippen LogP contribution in [0, 0.1) is 0 Å². The van der Waals surface area contributed by atoms with Crippen LogP contribution >= 0.6 is 15.9 Å². The number of nitrogens with one attached hydrogen (secondary N) is 1. The lowest BCUT2D eigenvalue weighted by molar-refractivity contribution is -0.150. The van der Waals surface area contributed by atoms with Crippen molar-refractivity contribution in [3.63, 3.8) is 0 Å². The van der Waals surface area contributed by atoms with Gasteiger partial charge in [0.05, 0.1) is 19.1 Å². The average Bonchev–Trinajstić information content (AvgIpc) is 2.35. The summed E-state index contributed by atoms with van der Waals surface area (Å²) in [4.78, 5) is 25.2. The number of amides is 2. The summed E-state index contributed by atoms with van der Waals surface area (Å²) in [6, 6.07) is 7.40. The van der Waals surface area contributed by atoms with Gasteiger partial charge in [-0.3, -0.25) is 19.8 Å². The largest absolute Gasteiger partial charge is 0.297 e. The van der Waals surface area contributed by atoms with Gasteiger partial charge in [0.2, 0.25) is 11.8 Å². The van der Waals surface area contributed by atoms with E-state index in [1.807, 2.05) is 31.2 Å². The SMILES string of the molecule is CCC1NCC(=O)N(Cc2cccc(Br)c2)C1=O. The van der Waals surface area contributed by atoms with E-state index in [0.29, 0.717) is 13.0 Å². The van der Waals surface area contributed by atoms with Crippen molar-refractivity contribution in [2.75, 3.05) is 6.54 Å². The minimum absolute atomic E-state index is 0.131. The van der Waals surface area contributed by atoms with E-state index in [9.17, 15) is 9.59 Å². The summed E-state index contributed by atoms with van der Waals surface area (Å²) >= 11 is 3.38. The van der Waals surface area contributed by atoms with Gasteiger partial charge in [0, 0.05) is 4.47 Å². The van der Waals surface area contributed by atoms with E-state index >= 15 is 0 Å². The van der Waals surface area contributed by atoms with E-state index in [0.717, 1.165) is 10.0 Å². The van der Waals surface area contributed by atoms with Gasteiger partial charge in [-0.25, -0.2) is 0 Å². The summed E-state index contributed by atoms with van der Waals surface area (Å²) < 4.78 is 0.946. The van der Waals surface area contributed by atoms with Crippen molar-refractivity contribution in [3.05, 3.63) is 34.3 Å².